The van der Waals surface area contributed by atoms with Crippen LogP contribution >= 0.6 is 12.6 Å². The van der Waals surface area contributed by atoms with E-state index in [1.54, 1.807) is 0 Å². The molecule has 10 nitrogen and oxygen atoms in total. The predicted molar refractivity (Wildman–Crippen MR) is 75.4 cm³/mol. The molecule has 0 amide bonds. The summed E-state index contributed by atoms with van der Waals surface area (Å²) in [5, 5.41) is 66.1. The van der Waals surface area contributed by atoms with Gasteiger partial charge < -0.3 is 50.0 Å². The molecule has 2 rings (SSSR count). The third-order valence-electron chi connectivity index (χ3n) is 3.97. The van der Waals surface area contributed by atoms with Crippen LogP contribution in [0.2, 0.25) is 0 Å². The Morgan fingerprint density at radius 1 is 0.696 bits per heavy atom. The van der Waals surface area contributed by atoms with E-state index in [1.807, 2.05) is 0 Å². The maximum atomic E-state index is 9.90. The van der Waals surface area contributed by atoms with Gasteiger partial charge in [0.15, 0.2) is 12.6 Å². The summed E-state index contributed by atoms with van der Waals surface area (Å²) in [6.45, 7) is -1.21. The van der Waals surface area contributed by atoms with E-state index in [4.69, 9.17) is 24.4 Å². The van der Waals surface area contributed by atoms with Crippen LogP contribution in [0.3, 0.4) is 0 Å². The Morgan fingerprint density at radius 2 is 1.17 bits per heavy atom. The van der Waals surface area contributed by atoms with Crippen molar-refractivity contribution in [3.63, 3.8) is 0 Å². The molecule has 2 unspecified atom stereocenters. The van der Waals surface area contributed by atoms with Crippen molar-refractivity contribution >= 4 is 12.6 Å². The summed E-state index contributed by atoms with van der Waals surface area (Å²) in [5.41, 5.74) is 0. The quantitative estimate of drug-likeness (QED) is 0.229. The van der Waals surface area contributed by atoms with E-state index in [2.05, 4.69) is 12.6 Å². The van der Waals surface area contributed by atoms with Gasteiger partial charge in [0.2, 0.25) is 0 Å². The van der Waals surface area contributed by atoms with Crippen molar-refractivity contribution in [2.45, 2.75) is 60.6 Å². The van der Waals surface area contributed by atoms with Gasteiger partial charge in [-0.2, -0.15) is 12.6 Å². The lowest BCUT2D eigenvalue weighted by molar-refractivity contribution is -0.356. The van der Waals surface area contributed by atoms with Crippen molar-refractivity contribution in [3.8, 4) is 0 Å². The van der Waals surface area contributed by atoms with Crippen molar-refractivity contribution in [3.05, 3.63) is 0 Å². The third-order valence-corrected chi connectivity index (χ3v) is 4.51. The Hall–Kier alpha value is -0.0500. The van der Waals surface area contributed by atoms with Gasteiger partial charge in [0.1, 0.15) is 36.6 Å². The number of rotatable bonds is 4. The van der Waals surface area contributed by atoms with Gasteiger partial charge in [-0.25, -0.2) is 0 Å². The zero-order chi connectivity index (χ0) is 17.3. The molecule has 136 valence electrons. The number of hydrogen-bond donors (Lipinski definition) is 8. The lowest BCUT2D eigenvalue weighted by Gasteiger charge is -2.44. The molecule has 2 saturated heterocycles. The van der Waals surface area contributed by atoms with Crippen LogP contribution in [0.1, 0.15) is 0 Å². The maximum absolute atomic E-state index is 9.90. The van der Waals surface area contributed by atoms with E-state index in [-0.39, 0.29) is 0 Å². The lowest BCUT2D eigenvalue weighted by Crippen LogP contribution is -2.62. The largest absolute Gasteiger partial charge is 0.394 e. The third kappa shape index (κ3) is 3.80. The smallest absolute Gasteiger partial charge is 0.189 e. The van der Waals surface area contributed by atoms with Crippen LogP contribution in [-0.2, 0) is 14.2 Å². The van der Waals surface area contributed by atoms with E-state index < -0.39 is 73.8 Å². The fraction of sp³-hybridized carbons (Fsp3) is 1.00. The molecular weight excluding hydrogens is 336 g/mol. The van der Waals surface area contributed by atoms with Crippen molar-refractivity contribution in [1.82, 2.24) is 0 Å². The minimum atomic E-state index is -1.64. The fourth-order valence-corrected chi connectivity index (χ4v) is 2.81. The molecule has 2 fully saturated rings. The van der Waals surface area contributed by atoms with E-state index in [1.165, 1.54) is 0 Å². The minimum absolute atomic E-state index is 0.590. The number of thiol groups is 1. The highest BCUT2D eigenvalue weighted by Crippen LogP contribution is 2.29. The first-order chi connectivity index (χ1) is 10.8. The van der Waals surface area contributed by atoms with Crippen molar-refractivity contribution < 1.29 is 50.0 Å². The molecule has 2 heterocycles. The number of aliphatic hydroxyl groups excluding tert-OH is 7. The standard InChI is InChI=1S/C12H22O10S/c13-1-3-5(15)7(17)9(19)11(20-3)22-12-10(23)8(18)6(16)4(2-14)21-12/h3-19,23H,1-2H2/t3-,4-,5+,6+,7+,8+,9-,10-,11?,12?/m1/s1. The second kappa shape index (κ2) is 7.89. The molecule has 0 aromatic rings. The van der Waals surface area contributed by atoms with Crippen LogP contribution in [0.5, 0.6) is 0 Å². The molecular formula is C12H22O10S. The number of hydrogen-bond acceptors (Lipinski definition) is 11. The highest BCUT2D eigenvalue weighted by molar-refractivity contribution is 7.81. The molecule has 11 heteroatoms. The average Bonchev–Trinajstić information content (AvgIpc) is 2.55. The summed E-state index contributed by atoms with van der Waals surface area (Å²) in [6, 6.07) is 0. The topological polar surface area (TPSA) is 169 Å². The summed E-state index contributed by atoms with van der Waals surface area (Å²) in [7, 11) is 0. The molecule has 2 aliphatic heterocycles. The van der Waals surface area contributed by atoms with Crippen LogP contribution in [0, 0.1) is 0 Å². The van der Waals surface area contributed by atoms with Gasteiger partial charge >= 0.3 is 0 Å². The average molecular weight is 358 g/mol. The second-order valence-corrected chi connectivity index (χ2v) is 6.13. The van der Waals surface area contributed by atoms with E-state index >= 15 is 0 Å². The fourth-order valence-electron chi connectivity index (χ4n) is 2.49. The highest BCUT2D eigenvalue weighted by atomic mass is 32.1. The molecule has 0 aromatic carbocycles. The summed E-state index contributed by atoms with van der Waals surface area (Å²) in [6.07, 6.45) is -12.6. The zero-order valence-electron chi connectivity index (χ0n) is 12.0. The first-order valence-corrected chi connectivity index (χ1v) is 7.60. The van der Waals surface area contributed by atoms with Crippen molar-refractivity contribution in [2.24, 2.45) is 0 Å². The Balaban J connectivity index is 2.07. The van der Waals surface area contributed by atoms with Crippen LogP contribution in [0.15, 0.2) is 0 Å². The first-order valence-electron chi connectivity index (χ1n) is 7.08. The Morgan fingerprint density at radius 3 is 1.70 bits per heavy atom. The van der Waals surface area contributed by atoms with Crippen LogP contribution in [-0.4, -0.2) is 110 Å². The molecule has 0 aromatic heterocycles. The Labute approximate surface area is 137 Å². The summed E-state index contributed by atoms with van der Waals surface area (Å²) in [5.74, 6) is 0. The Bertz CT molecular complexity index is 349. The molecule has 0 spiro atoms. The predicted octanol–water partition coefficient (Wildman–Crippen LogP) is -4.46. The molecule has 0 saturated carbocycles. The van der Waals surface area contributed by atoms with Gasteiger partial charge in [-0.3, -0.25) is 0 Å². The number of aliphatic hydroxyl groups is 7. The van der Waals surface area contributed by atoms with E-state index in [0.717, 1.165) is 0 Å². The van der Waals surface area contributed by atoms with Crippen molar-refractivity contribution in [2.75, 3.05) is 13.2 Å². The minimum Gasteiger partial charge on any atom is -0.394 e. The molecule has 2 aliphatic rings. The first kappa shape index (κ1) is 19.3. The normalized spacial score (nSPS) is 51.7. The van der Waals surface area contributed by atoms with Gasteiger partial charge in [0, 0.05) is 0 Å². The van der Waals surface area contributed by atoms with Gasteiger partial charge in [-0.05, 0) is 0 Å². The van der Waals surface area contributed by atoms with Gasteiger partial charge in [0.05, 0.1) is 24.6 Å². The van der Waals surface area contributed by atoms with Crippen LogP contribution in [0.25, 0.3) is 0 Å². The van der Waals surface area contributed by atoms with E-state index in [0.29, 0.717) is 0 Å². The molecule has 0 bridgehead atoms. The SMILES string of the molecule is OC[C@H]1OC(OC2O[C@H](CO)[C@H](O)[C@H](O)[C@H]2S)[C@H](O)[C@@H](O)[C@H]1O. The lowest BCUT2D eigenvalue weighted by atomic mass is 9.99. The summed E-state index contributed by atoms with van der Waals surface area (Å²) >= 11 is 4.06. The zero-order valence-corrected chi connectivity index (χ0v) is 12.9. The monoisotopic (exact) mass is 358 g/mol. The molecule has 23 heavy (non-hydrogen) atoms. The molecule has 0 radical (unpaired) electrons. The van der Waals surface area contributed by atoms with Gasteiger partial charge in [0.25, 0.3) is 0 Å². The summed E-state index contributed by atoms with van der Waals surface area (Å²) in [4.78, 5) is 0. The summed E-state index contributed by atoms with van der Waals surface area (Å²) < 4.78 is 15.7. The van der Waals surface area contributed by atoms with Gasteiger partial charge in [-0.1, -0.05) is 0 Å². The molecule has 7 N–H and O–H groups in total. The van der Waals surface area contributed by atoms with Crippen LogP contribution < -0.4 is 0 Å². The molecule has 10 atom stereocenters. The maximum Gasteiger partial charge on any atom is 0.189 e. The highest BCUT2D eigenvalue weighted by Gasteiger charge is 2.49. The Kier molecular flexibility index (Phi) is 6.61. The van der Waals surface area contributed by atoms with Crippen LogP contribution in [0.4, 0.5) is 0 Å². The number of ether oxygens (including phenoxy) is 3. The second-order valence-electron chi connectivity index (χ2n) is 5.53. The molecule has 0 aliphatic carbocycles. The van der Waals surface area contributed by atoms with E-state index in [9.17, 15) is 25.5 Å². The van der Waals surface area contributed by atoms with Crippen molar-refractivity contribution in [1.29, 1.82) is 0 Å². The van der Waals surface area contributed by atoms with Gasteiger partial charge in [-0.15, -0.1) is 0 Å².